The number of para-hydroxylation sites is 1. The summed E-state index contributed by atoms with van der Waals surface area (Å²) in [5.41, 5.74) is 4.35. The second kappa shape index (κ2) is 5.32. The van der Waals surface area contributed by atoms with Gasteiger partial charge >= 0.3 is 0 Å². The van der Waals surface area contributed by atoms with Crippen molar-refractivity contribution >= 4 is 23.0 Å². The van der Waals surface area contributed by atoms with Gasteiger partial charge in [0.2, 0.25) is 0 Å². The third-order valence-corrected chi connectivity index (χ3v) is 2.97. The molecule has 0 aliphatic carbocycles. The Morgan fingerprint density at radius 3 is 2.33 bits per heavy atom. The van der Waals surface area contributed by atoms with Gasteiger partial charge in [0.1, 0.15) is 0 Å². The standard InChI is InChI=1S/C15H16ClNO/c1-10-7-11(2)9-12(8-10)17-14-6-4-5-13(16)15(14)18-3/h4-9,17H,1-3H3. The Hall–Kier alpha value is -1.67. The Kier molecular flexibility index (Phi) is 3.78. The van der Waals surface area contributed by atoms with Crippen LogP contribution in [-0.4, -0.2) is 7.11 Å². The van der Waals surface area contributed by atoms with Crippen LogP contribution in [0.5, 0.6) is 5.75 Å². The van der Waals surface area contributed by atoms with E-state index in [1.54, 1.807) is 7.11 Å². The fourth-order valence-corrected chi connectivity index (χ4v) is 2.27. The van der Waals surface area contributed by atoms with Crippen LogP contribution in [0.2, 0.25) is 5.02 Å². The molecule has 2 aromatic carbocycles. The van der Waals surface area contributed by atoms with Gasteiger partial charge in [0.05, 0.1) is 17.8 Å². The van der Waals surface area contributed by atoms with Gasteiger partial charge in [-0.2, -0.15) is 0 Å². The molecule has 0 fully saturated rings. The molecule has 94 valence electrons. The summed E-state index contributed by atoms with van der Waals surface area (Å²) in [7, 11) is 1.62. The summed E-state index contributed by atoms with van der Waals surface area (Å²) in [5.74, 6) is 0.665. The van der Waals surface area contributed by atoms with Crippen LogP contribution in [0.3, 0.4) is 0 Å². The van der Waals surface area contributed by atoms with E-state index in [2.05, 4.69) is 37.4 Å². The Bertz CT molecular complexity index is 546. The SMILES string of the molecule is COc1c(Cl)cccc1Nc1cc(C)cc(C)c1. The molecule has 0 atom stereocenters. The van der Waals surface area contributed by atoms with Crippen LogP contribution < -0.4 is 10.1 Å². The van der Waals surface area contributed by atoms with Crippen molar-refractivity contribution in [1.82, 2.24) is 0 Å². The number of hydrogen-bond acceptors (Lipinski definition) is 2. The smallest absolute Gasteiger partial charge is 0.160 e. The molecular weight excluding hydrogens is 246 g/mol. The average molecular weight is 262 g/mol. The van der Waals surface area contributed by atoms with E-state index in [0.29, 0.717) is 10.8 Å². The van der Waals surface area contributed by atoms with Crippen molar-refractivity contribution in [3.8, 4) is 5.75 Å². The fourth-order valence-electron chi connectivity index (χ4n) is 2.02. The van der Waals surface area contributed by atoms with E-state index in [9.17, 15) is 0 Å². The summed E-state index contributed by atoms with van der Waals surface area (Å²) in [6, 6.07) is 12.0. The Morgan fingerprint density at radius 1 is 1.06 bits per heavy atom. The maximum Gasteiger partial charge on any atom is 0.160 e. The van der Waals surface area contributed by atoms with Crippen molar-refractivity contribution in [1.29, 1.82) is 0 Å². The van der Waals surface area contributed by atoms with Gasteiger partial charge < -0.3 is 10.1 Å². The Morgan fingerprint density at radius 2 is 1.72 bits per heavy atom. The van der Waals surface area contributed by atoms with E-state index in [-0.39, 0.29) is 0 Å². The molecule has 0 unspecified atom stereocenters. The molecule has 2 rings (SSSR count). The van der Waals surface area contributed by atoms with Gasteiger partial charge in [-0.1, -0.05) is 23.7 Å². The molecule has 0 aliphatic rings. The van der Waals surface area contributed by atoms with Gasteiger partial charge in [-0.05, 0) is 49.2 Å². The minimum absolute atomic E-state index is 0.604. The summed E-state index contributed by atoms with van der Waals surface area (Å²) >= 11 is 6.09. The lowest BCUT2D eigenvalue weighted by atomic mass is 10.1. The van der Waals surface area contributed by atoms with E-state index in [4.69, 9.17) is 16.3 Å². The largest absolute Gasteiger partial charge is 0.493 e. The summed E-state index contributed by atoms with van der Waals surface area (Å²) in [5, 5.41) is 3.94. The van der Waals surface area contributed by atoms with Gasteiger partial charge in [-0.3, -0.25) is 0 Å². The number of ether oxygens (including phenoxy) is 1. The highest BCUT2D eigenvalue weighted by Crippen LogP contribution is 2.34. The Balaban J connectivity index is 2.36. The molecule has 0 saturated heterocycles. The second-order valence-corrected chi connectivity index (χ2v) is 4.73. The number of methoxy groups -OCH3 is 1. The highest BCUT2D eigenvalue weighted by atomic mass is 35.5. The van der Waals surface area contributed by atoms with Crippen LogP contribution >= 0.6 is 11.6 Å². The molecule has 3 heteroatoms. The molecule has 2 nitrogen and oxygen atoms in total. The van der Waals surface area contributed by atoms with E-state index in [1.807, 2.05) is 18.2 Å². The van der Waals surface area contributed by atoms with Crippen molar-refractivity contribution < 1.29 is 4.74 Å². The lowest BCUT2D eigenvalue weighted by Crippen LogP contribution is -1.96. The first kappa shape index (κ1) is 12.8. The zero-order valence-electron chi connectivity index (χ0n) is 10.8. The highest BCUT2D eigenvalue weighted by molar-refractivity contribution is 6.32. The zero-order chi connectivity index (χ0) is 13.1. The first-order valence-electron chi connectivity index (χ1n) is 5.78. The van der Waals surface area contributed by atoms with E-state index >= 15 is 0 Å². The maximum atomic E-state index is 6.09. The third kappa shape index (κ3) is 2.77. The highest BCUT2D eigenvalue weighted by Gasteiger charge is 2.07. The molecule has 0 saturated carbocycles. The normalized spacial score (nSPS) is 10.2. The third-order valence-electron chi connectivity index (χ3n) is 2.67. The summed E-state index contributed by atoms with van der Waals surface area (Å²) in [6.45, 7) is 4.15. The number of hydrogen-bond donors (Lipinski definition) is 1. The number of rotatable bonds is 3. The van der Waals surface area contributed by atoms with Gasteiger partial charge in [-0.15, -0.1) is 0 Å². The molecule has 0 aromatic heterocycles. The molecular formula is C15H16ClNO. The maximum absolute atomic E-state index is 6.09. The first-order chi connectivity index (χ1) is 8.60. The zero-order valence-corrected chi connectivity index (χ0v) is 11.5. The fraction of sp³-hybridized carbons (Fsp3) is 0.200. The van der Waals surface area contributed by atoms with E-state index in [1.165, 1.54) is 11.1 Å². The molecule has 1 N–H and O–H groups in total. The van der Waals surface area contributed by atoms with Crippen molar-refractivity contribution in [3.05, 3.63) is 52.5 Å². The summed E-state index contributed by atoms with van der Waals surface area (Å²) < 4.78 is 5.31. The van der Waals surface area contributed by atoms with Crippen LogP contribution in [0.15, 0.2) is 36.4 Å². The molecule has 0 bridgehead atoms. The van der Waals surface area contributed by atoms with Gasteiger partial charge in [0.25, 0.3) is 0 Å². The van der Waals surface area contributed by atoms with E-state index < -0.39 is 0 Å². The van der Waals surface area contributed by atoms with Gasteiger partial charge in [0, 0.05) is 5.69 Å². The molecule has 0 heterocycles. The monoisotopic (exact) mass is 261 g/mol. The predicted octanol–water partition coefficient (Wildman–Crippen LogP) is 4.71. The lowest BCUT2D eigenvalue weighted by Gasteiger charge is -2.13. The number of halogens is 1. The number of aryl methyl sites for hydroxylation is 2. The van der Waals surface area contributed by atoms with Gasteiger partial charge in [-0.25, -0.2) is 0 Å². The average Bonchev–Trinajstić information content (AvgIpc) is 2.27. The number of anilines is 2. The summed E-state index contributed by atoms with van der Waals surface area (Å²) in [4.78, 5) is 0. The van der Waals surface area contributed by atoms with Crippen molar-refractivity contribution in [2.75, 3.05) is 12.4 Å². The van der Waals surface area contributed by atoms with Gasteiger partial charge in [0.15, 0.2) is 5.75 Å². The second-order valence-electron chi connectivity index (χ2n) is 4.32. The van der Waals surface area contributed by atoms with Crippen LogP contribution in [-0.2, 0) is 0 Å². The minimum Gasteiger partial charge on any atom is -0.493 e. The summed E-state index contributed by atoms with van der Waals surface area (Å²) in [6.07, 6.45) is 0. The van der Waals surface area contributed by atoms with Crippen LogP contribution in [0.25, 0.3) is 0 Å². The lowest BCUT2D eigenvalue weighted by molar-refractivity contribution is 0.417. The molecule has 0 aliphatic heterocycles. The molecule has 0 radical (unpaired) electrons. The van der Waals surface area contributed by atoms with Crippen LogP contribution in [0, 0.1) is 13.8 Å². The topological polar surface area (TPSA) is 21.3 Å². The molecule has 0 amide bonds. The predicted molar refractivity (Wildman–Crippen MR) is 77.2 cm³/mol. The first-order valence-corrected chi connectivity index (χ1v) is 6.16. The Labute approximate surface area is 113 Å². The molecule has 0 spiro atoms. The van der Waals surface area contributed by atoms with Crippen molar-refractivity contribution in [2.45, 2.75) is 13.8 Å². The number of benzene rings is 2. The number of nitrogens with one attached hydrogen (secondary N) is 1. The van der Waals surface area contributed by atoms with Crippen LogP contribution in [0.1, 0.15) is 11.1 Å². The molecule has 18 heavy (non-hydrogen) atoms. The van der Waals surface area contributed by atoms with Crippen LogP contribution in [0.4, 0.5) is 11.4 Å². The molecule has 2 aromatic rings. The minimum atomic E-state index is 0.604. The van der Waals surface area contributed by atoms with E-state index in [0.717, 1.165) is 11.4 Å². The van der Waals surface area contributed by atoms with Crippen molar-refractivity contribution in [2.24, 2.45) is 0 Å². The quantitative estimate of drug-likeness (QED) is 0.864. The van der Waals surface area contributed by atoms with Crippen molar-refractivity contribution in [3.63, 3.8) is 0 Å².